The van der Waals surface area contributed by atoms with E-state index in [0.717, 1.165) is 32.6 Å². The Morgan fingerprint density at radius 3 is 3.00 bits per heavy atom. The highest BCUT2D eigenvalue weighted by Gasteiger charge is 2.35. The summed E-state index contributed by atoms with van der Waals surface area (Å²) >= 11 is 0. The highest BCUT2D eigenvalue weighted by atomic mass is 16.5. The fourth-order valence-corrected chi connectivity index (χ4v) is 3.90. The minimum Gasteiger partial charge on any atom is -0.378 e. The number of nitrogens with two attached hydrogens (primary N) is 1. The first-order chi connectivity index (χ1) is 9.86. The van der Waals surface area contributed by atoms with Crippen molar-refractivity contribution in [3.05, 3.63) is 0 Å². The van der Waals surface area contributed by atoms with Crippen molar-refractivity contribution in [2.45, 2.75) is 69.2 Å². The monoisotopic (exact) mass is 283 g/mol. The number of nitrogens with one attached hydrogen (secondary N) is 1. The Hall–Kier alpha value is -0.200. The molecule has 20 heavy (non-hydrogen) atoms. The van der Waals surface area contributed by atoms with Crippen molar-refractivity contribution < 1.29 is 9.47 Å². The summed E-state index contributed by atoms with van der Waals surface area (Å²) in [5, 5.41) is 0. The minimum absolute atomic E-state index is 0.249. The number of hydrogen-bond donors (Lipinski definition) is 2. The van der Waals surface area contributed by atoms with E-state index in [1.54, 1.807) is 0 Å². The average Bonchev–Trinajstić information content (AvgIpc) is 3.13. The van der Waals surface area contributed by atoms with E-state index in [-0.39, 0.29) is 12.1 Å². The molecule has 0 radical (unpaired) electrons. The quantitative estimate of drug-likeness (QED) is 0.563. The number of nitrogens with zero attached hydrogens (tertiary/aromatic N) is 1. The van der Waals surface area contributed by atoms with Crippen LogP contribution in [0.15, 0.2) is 0 Å². The van der Waals surface area contributed by atoms with Gasteiger partial charge in [0.1, 0.15) is 0 Å². The molecule has 116 valence electrons. The van der Waals surface area contributed by atoms with Gasteiger partial charge in [0, 0.05) is 25.2 Å². The lowest BCUT2D eigenvalue weighted by atomic mass is 10.00. The summed E-state index contributed by atoms with van der Waals surface area (Å²) in [5.74, 6) is 5.76. The normalized spacial score (nSPS) is 36.1. The molecule has 0 aromatic heterocycles. The summed E-state index contributed by atoms with van der Waals surface area (Å²) in [4.78, 5) is 2.58. The van der Waals surface area contributed by atoms with Gasteiger partial charge in [0.15, 0.2) is 0 Å². The van der Waals surface area contributed by atoms with Crippen LogP contribution in [0.3, 0.4) is 0 Å². The van der Waals surface area contributed by atoms with Crippen LogP contribution in [0, 0.1) is 0 Å². The summed E-state index contributed by atoms with van der Waals surface area (Å²) in [6.07, 6.45) is 9.23. The molecule has 0 saturated carbocycles. The van der Waals surface area contributed by atoms with E-state index >= 15 is 0 Å². The van der Waals surface area contributed by atoms with Crippen LogP contribution in [0.1, 0.15) is 44.9 Å². The Bertz CT molecular complexity index is 297. The summed E-state index contributed by atoms with van der Waals surface area (Å²) in [6.45, 7) is 4.11. The van der Waals surface area contributed by atoms with Gasteiger partial charge in [-0.25, -0.2) is 0 Å². The molecular formula is C15H29N3O2. The Kier molecular flexibility index (Phi) is 5.29. The smallest absolute Gasteiger partial charge is 0.0868 e. The molecule has 5 heteroatoms. The largest absolute Gasteiger partial charge is 0.378 e. The molecule has 3 saturated heterocycles. The van der Waals surface area contributed by atoms with Crippen molar-refractivity contribution in [2.75, 3.05) is 26.3 Å². The molecule has 3 fully saturated rings. The molecule has 5 nitrogen and oxygen atoms in total. The fourth-order valence-electron chi connectivity index (χ4n) is 3.90. The highest BCUT2D eigenvalue weighted by molar-refractivity contribution is 4.89. The lowest BCUT2D eigenvalue weighted by Gasteiger charge is -2.38. The maximum absolute atomic E-state index is 6.05. The Labute approximate surface area is 122 Å². The number of hydrazine groups is 1. The molecule has 4 unspecified atom stereocenters. The van der Waals surface area contributed by atoms with Gasteiger partial charge in [-0.05, 0) is 51.5 Å². The lowest BCUT2D eigenvalue weighted by Crippen LogP contribution is -2.55. The predicted octanol–water partition coefficient (Wildman–Crippen LogP) is 1.03. The zero-order chi connectivity index (χ0) is 13.8. The molecule has 0 spiro atoms. The van der Waals surface area contributed by atoms with Crippen LogP contribution in [0.4, 0.5) is 0 Å². The highest BCUT2D eigenvalue weighted by Crippen LogP contribution is 2.25. The van der Waals surface area contributed by atoms with E-state index in [0.29, 0.717) is 12.1 Å². The molecule has 3 heterocycles. The van der Waals surface area contributed by atoms with Gasteiger partial charge >= 0.3 is 0 Å². The third-order valence-electron chi connectivity index (χ3n) is 5.14. The molecule has 0 bridgehead atoms. The fraction of sp³-hybridized carbons (Fsp3) is 1.00. The van der Waals surface area contributed by atoms with E-state index in [9.17, 15) is 0 Å². The number of hydrogen-bond acceptors (Lipinski definition) is 5. The molecule has 0 aromatic rings. The van der Waals surface area contributed by atoms with Crippen molar-refractivity contribution in [3.8, 4) is 0 Å². The van der Waals surface area contributed by atoms with Crippen molar-refractivity contribution in [1.82, 2.24) is 10.3 Å². The lowest BCUT2D eigenvalue weighted by molar-refractivity contribution is -0.0662. The maximum atomic E-state index is 6.05. The third kappa shape index (κ3) is 3.52. The first-order valence-electron chi connectivity index (χ1n) is 8.30. The molecule has 3 N–H and O–H groups in total. The second-order valence-electron chi connectivity index (χ2n) is 6.50. The topological polar surface area (TPSA) is 59.8 Å². The van der Waals surface area contributed by atoms with Crippen LogP contribution in [0.25, 0.3) is 0 Å². The summed E-state index contributed by atoms with van der Waals surface area (Å²) < 4.78 is 11.7. The van der Waals surface area contributed by atoms with Crippen molar-refractivity contribution in [3.63, 3.8) is 0 Å². The number of fused-ring (bicyclic) bond motifs is 1. The van der Waals surface area contributed by atoms with Gasteiger partial charge in [-0.2, -0.15) is 0 Å². The van der Waals surface area contributed by atoms with Crippen molar-refractivity contribution in [1.29, 1.82) is 0 Å². The van der Waals surface area contributed by atoms with E-state index in [4.69, 9.17) is 15.3 Å². The van der Waals surface area contributed by atoms with Gasteiger partial charge in [-0.3, -0.25) is 16.2 Å². The maximum Gasteiger partial charge on any atom is 0.0868 e. The van der Waals surface area contributed by atoms with Gasteiger partial charge < -0.3 is 9.47 Å². The SMILES string of the molecule is NNC(CCCC1CCCO1)C1CN2CCCC2CO1. The number of rotatable bonds is 6. The second-order valence-corrected chi connectivity index (χ2v) is 6.50. The molecule has 0 aromatic carbocycles. The predicted molar refractivity (Wildman–Crippen MR) is 78.3 cm³/mol. The van der Waals surface area contributed by atoms with Crippen LogP contribution in [-0.2, 0) is 9.47 Å². The average molecular weight is 283 g/mol. The third-order valence-corrected chi connectivity index (χ3v) is 5.14. The van der Waals surface area contributed by atoms with Crippen LogP contribution < -0.4 is 11.3 Å². The molecule has 3 aliphatic rings. The standard InChI is InChI=1S/C15H29N3O2/c16-17-14(7-1-5-13-6-3-9-19-13)15-10-18-8-2-4-12(18)11-20-15/h12-15,17H,1-11,16H2. The van der Waals surface area contributed by atoms with Gasteiger partial charge in [0.25, 0.3) is 0 Å². The Morgan fingerprint density at radius 1 is 1.25 bits per heavy atom. The minimum atomic E-state index is 0.249. The Morgan fingerprint density at radius 2 is 2.20 bits per heavy atom. The zero-order valence-corrected chi connectivity index (χ0v) is 12.4. The molecule has 0 aliphatic carbocycles. The molecular weight excluding hydrogens is 254 g/mol. The number of morpholine rings is 1. The van der Waals surface area contributed by atoms with Crippen molar-refractivity contribution in [2.24, 2.45) is 5.84 Å². The van der Waals surface area contributed by atoms with E-state index < -0.39 is 0 Å². The molecule has 0 amide bonds. The van der Waals surface area contributed by atoms with Gasteiger partial charge in [-0.15, -0.1) is 0 Å². The first-order valence-corrected chi connectivity index (χ1v) is 8.30. The zero-order valence-electron chi connectivity index (χ0n) is 12.4. The number of ether oxygens (including phenoxy) is 2. The van der Waals surface area contributed by atoms with Crippen molar-refractivity contribution >= 4 is 0 Å². The Balaban J connectivity index is 1.41. The van der Waals surface area contributed by atoms with Crippen LogP contribution in [-0.4, -0.2) is 55.5 Å². The van der Waals surface area contributed by atoms with Crippen LogP contribution >= 0.6 is 0 Å². The second kappa shape index (κ2) is 7.18. The van der Waals surface area contributed by atoms with E-state index in [2.05, 4.69) is 10.3 Å². The molecule has 3 aliphatic heterocycles. The summed E-state index contributed by atoms with van der Waals surface area (Å²) in [6, 6.07) is 0.939. The molecule has 4 atom stereocenters. The van der Waals surface area contributed by atoms with Crippen LogP contribution in [0.2, 0.25) is 0 Å². The molecule has 3 rings (SSSR count). The summed E-state index contributed by atoms with van der Waals surface area (Å²) in [5.41, 5.74) is 2.98. The van der Waals surface area contributed by atoms with Gasteiger partial charge in [0.05, 0.1) is 18.8 Å². The van der Waals surface area contributed by atoms with E-state index in [1.807, 2.05) is 0 Å². The van der Waals surface area contributed by atoms with Gasteiger partial charge in [0.2, 0.25) is 0 Å². The summed E-state index contributed by atoms with van der Waals surface area (Å²) in [7, 11) is 0. The van der Waals surface area contributed by atoms with Gasteiger partial charge in [-0.1, -0.05) is 0 Å². The van der Waals surface area contributed by atoms with Crippen LogP contribution in [0.5, 0.6) is 0 Å². The first kappa shape index (κ1) is 14.7. The van der Waals surface area contributed by atoms with E-state index in [1.165, 1.54) is 38.6 Å².